The normalized spacial score (nSPS) is 13.5. The van der Waals surface area contributed by atoms with Gasteiger partial charge in [0.1, 0.15) is 0 Å². The van der Waals surface area contributed by atoms with Gasteiger partial charge in [-0.2, -0.15) is 0 Å². The van der Waals surface area contributed by atoms with E-state index in [0.29, 0.717) is 0 Å². The maximum Gasteiger partial charge on any atom is 0.280 e. The highest BCUT2D eigenvalue weighted by Gasteiger charge is 2.37. The molecule has 5 heteroatoms. The van der Waals surface area contributed by atoms with Gasteiger partial charge in [0.05, 0.1) is 0 Å². The van der Waals surface area contributed by atoms with Crippen molar-refractivity contribution in [3.63, 3.8) is 0 Å². The zero-order valence-corrected chi connectivity index (χ0v) is 10.9. The Morgan fingerprint density at radius 2 is 1.60 bits per heavy atom. The molecule has 15 heavy (non-hydrogen) atoms. The first kappa shape index (κ1) is 16.9. The fourth-order valence-corrected chi connectivity index (χ4v) is 1.18. The summed E-state index contributed by atoms with van der Waals surface area (Å²) in [6, 6.07) is 0. The van der Waals surface area contributed by atoms with Crippen molar-refractivity contribution in [2.75, 3.05) is 0 Å². The van der Waals surface area contributed by atoms with Crippen LogP contribution in [-0.4, -0.2) is 27.6 Å². The lowest BCUT2D eigenvalue weighted by Gasteiger charge is -2.18. The molecule has 0 saturated heterocycles. The molecule has 1 nitrogen and oxygen atoms in total. The summed E-state index contributed by atoms with van der Waals surface area (Å²) < 4.78 is 41.8. The van der Waals surface area contributed by atoms with Crippen LogP contribution in [0.15, 0.2) is 25.3 Å². The van der Waals surface area contributed by atoms with Crippen LogP contribution in [0.2, 0.25) is 0 Å². The van der Waals surface area contributed by atoms with Gasteiger partial charge in [0, 0.05) is 6.10 Å². The van der Waals surface area contributed by atoms with E-state index < -0.39 is 21.5 Å². The van der Waals surface area contributed by atoms with Gasteiger partial charge in [0.2, 0.25) is 9.76 Å². The molecule has 0 radical (unpaired) electrons. The molecule has 0 fully saturated rings. The van der Waals surface area contributed by atoms with E-state index in [0.717, 1.165) is 6.92 Å². The van der Waals surface area contributed by atoms with Crippen molar-refractivity contribution >= 4 is 9.76 Å². The van der Waals surface area contributed by atoms with Gasteiger partial charge in [-0.05, 0) is 20.8 Å². The minimum Gasteiger partial charge on any atom is -0.415 e. The summed E-state index contributed by atoms with van der Waals surface area (Å²) in [4.78, 5) is 0. The SMILES string of the molecule is C=CC=C.CC(C)O[SiH2]C(F)(F)C(C)F. The second-order valence-corrected chi connectivity index (χ2v) is 4.77. The van der Waals surface area contributed by atoms with Crippen LogP contribution in [0.5, 0.6) is 0 Å². The summed E-state index contributed by atoms with van der Waals surface area (Å²) in [5, 5.41) is 0. The largest absolute Gasteiger partial charge is 0.415 e. The Labute approximate surface area is 92.0 Å². The van der Waals surface area contributed by atoms with Gasteiger partial charge in [-0.3, -0.25) is 0 Å². The number of allylic oxidation sites excluding steroid dienone is 2. The lowest BCUT2D eigenvalue weighted by atomic mass is 10.5. The molecular weight excluding hydrogens is 221 g/mol. The van der Waals surface area contributed by atoms with Crippen molar-refractivity contribution in [1.82, 2.24) is 0 Å². The monoisotopic (exact) mass is 240 g/mol. The quantitative estimate of drug-likeness (QED) is 0.530. The van der Waals surface area contributed by atoms with Crippen LogP contribution in [0.1, 0.15) is 20.8 Å². The highest BCUT2D eigenvalue weighted by molar-refractivity contribution is 6.31. The first-order valence-corrected chi connectivity index (χ1v) is 5.93. The molecule has 0 rings (SSSR count). The summed E-state index contributed by atoms with van der Waals surface area (Å²) in [6.07, 6.45) is 0.958. The van der Waals surface area contributed by atoms with Gasteiger partial charge >= 0.3 is 0 Å². The second-order valence-electron chi connectivity index (χ2n) is 3.21. The van der Waals surface area contributed by atoms with E-state index in [1.54, 1.807) is 26.0 Å². The topological polar surface area (TPSA) is 9.23 Å². The third-order valence-corrected chi connectivity index (χ3v) is 3.14. The Kier molecular flexibility index (Phi) is 9.81. The van der Waals surface area contributed by atoms with Crippen molar-refractivity contribution in [3.8, 4) is 0 Å². The zero-order chi connectivity index (χ0) is 12.5. The molecule has 0 aromatic heterocycles. The van der Waals surface area contributed by atoms with Crippen LogP contribution in [-0.2, 0) is 4.43 Å². The van der Waals surface area contributed by atoms with Gasteiger partial charge in [0.25, 0.3) is 5.55 Å². The molecule has 1 atom stereocenters. The molecule has 1 unspecified atom stereocenters. The number of rotatable bonds is 5. The summed E-state index contributed by atoms with van der Waals surface area (Å²) in [5.74, 6) is 0. The van der Waals surface area contributed by atoms with Crippen LogP contribution >= 0.6 is 0 Å². The standard InChI is InChI=1S/C6H13F3OSi.C4H6/c1-4(2)10-11-6(8,9)5(3)7;1-3-4-2/h4-5H,11H2,1-3H3;3-4H,1-2H2. The van der Waals surface area contributed by atoms with Crippen LogP contribution in [0.4, 0.5) is 13.2 Å². The van der Waals surface area contributed by atoms with E-state index in [1.807, 2.05) is 0 Å². The summed E-state index contributed by atoms with van der Waals surface area (Å²) in [6.45, 7) is 10.9. The Bertz CT molecular complexity index is 176. The van der Waals surface area contributed by atoms with Gasteiger partial charge in [-0.15, -0.1) is 0 Å². The molecule has 0 saturated carbocycles. The van der Waals surface area contributed by atoms with Gasteiger partial charge in [0.15, 0.2) is 6.17 Å². The number of halogens is 3. The van der Waals surface area contributed by atoms with Crippen molar-refractivity contribution in [1.29, 1.82) is 0 Å². The third kappa shape index (κ3) is 11.4. The maximum absolute atomic E-state index is 12.5. The summed E-state index contributed by atoms with van der Waals surface area (Å²) >= 11 is 0. The van der Waals surface area contributed by atoms with E-state index in [4.69, 9.17) is 4.43 Å². The molecule has 0 amide bonds. The Balaban J connectivity index is 0. The fourth-order valence-electron chi connectivity index (χ4n) is 0.393. The summed E-state index contributed by atoms with van der Waals surface area (Å²) in [5.41, 5.74) is -3.22. The third-order valence-electron chi connectivity index (χ3n) is 1.36. The minimum atomic E-state index is -3.22. The molecule has 0 bridgehead atoms. The Morgan fingerprint density at radius 1 is 1.20 bits per heavy atom. The number of hydrogen-bond acceptors (Lipinski definition) is 1. The van der Waals surface area contributed by atoms with Gasteiger partial charge in [-0.1, -0.05) is 25.3 Å². The average molecular weight is 240 g/mol. The van der Waals surface area contributed by atoms with Crippen molar-refractivity contribution in [2.45, 2.75) is 38.6 Å². The van der Waals surface area contributed by atoms with Gasteiger partial charge in [-0.25, -0.2) is 13.2 Å². The molecule has 0 aliphatic heterocycles. The van der Waals surface area contributed by atoms with E-state index in [9.17, 15) is 13.2 Å². The molecule has 0 aliphatic rings. The van der Waals surface area contributed by atoms with Crippen molar-refractivity contribution in [2.24, 2.45) is 0 Å². The lowest BCUT2D eigenvalue weighted by molar-refractivity contribution is -0.00535. The molecule has 0 spiro atoms. The predicted molar refractivity (Wildman–Crippen MR) is 60.7 cm³/mol. The number of hydrogen-bond donors (Lipinski definition) is 0. The first-order chi connectivity index (χ1) is 6.77. The highest BCUT2D eigenvalue weighted by Crippen LogP contribution is 2.20. The molecule has 0 aromatic carbocycles. The molecule has 0 heterocycles. The smallest absolute Gasteiger partial charge is 0.280 e. The second kappa shape index (κ2) is 8.73. The highest BCUT2D eigenvalue weighted by atomic mass is 28.2. The van der Waals surface area contributed by atoms with Crippen molar-refractivity contribution < 1.29 is 17.6 Å². The molecule has 0 N–H and O–H groups in total. The molecule has 0 aliphatic carbocycles. The van der Waals surface area contributed by atoms with Gasteiger partial charge < -0.3 is 4.43 Å². The maximum atomic E-state index is 12.5. The predicted octanol–water partition coefficient (Wildman–Crippen LogP) is 2.80. The van der Waals surface area contributed by atoms with E-state index in [2.05, 4.69) is 13.2 Å². The van der Waals surface area contributed by atoms with Crippen LogP contribution < -0.4 is 0 Å². The Hall–Kier alpha value is -0.553. The average Bonchev–Trinajstić information content (AvgIpc) is 2.15. The molecule has 0 aromatic rings. The number of alkyl halides is 3. The molecule has 90 valence electrons. The van der Waals surface area contributed by atoms with Crippen LogP contribution in [0.25, 0.3) is 0 Å². The van der Waals surface area contributed by atoms with Crippen LogP contribution in [0, 0.1) is 0 Å². The fraction of sp³-hybridized carbons (Fsp3) is 0.600. The minimum absolute atomic E-state index is 0.230. The van der Waals surface area contributed by atoms with Crippen LogP contribution in [0.3, 0.4) is 0 Å². The lowest BCUT2D eigenvalue weighted by Crippen LogP contribution is -2.37. The Morgan fingerprint density at radius 3 is 1.80 bits per heavy atom. The van der Waals surface area contributed by atoms with E-state index >= 15 is 0 Å². The first-order valence-electron chi connectivity index (χ1n) is 4.64. The molecular formula is C10H19F3OSi. The zero-order valence-electron chi connectivity index (χ0n) is 9.47. The van der Waals surface area contributed by atoms with Crippen molar-refractivity contribution in [3.05, 3.63) is 25.3 Å². The van der Waals surface area contributed by atoms with E-state index in [1.165, 1.54) is 0 Å². The summed E-state index contributed by atoms with van der Waals surface area (Å²) in [7, 11) is -2.06. The van der Waals surface area contributed by atoms with E-state index in [-0.39, 0.29) is 6.10 Å².